The topological polar surface area (TPSA) is 49.4 Å². The van der Waals surface area contributed by atoms with E-state index in [4.69, 9.17) is 0 Å². The van der Waals surface area contributed by atoms with Gasteiger partial charge in [0.25, 0.3) is 5.91 Å². The Hall–Kier alpha value is -1.79. The lowest BCUT2D eigenvalue weighted by Crippen LogP contribution is -2.47. The number of hydrogen-bond acceptors (Lipinski definition) is 4. The van der Waals surface area contributed by atoms with Gasteiger partial charge in [-0.15, -0.1) is 23.1 Å². The average Bonchev–Trinajstić information content (AvgIpc) is 3.25. The number of benzene rings is 1. The van der Waals surface area contributed by atoms with Crippen molar-refractivity contribution in [3.63, 3.8) is 0 Å². The quantitative estimate of drug-likeness (QED) is 0.897. The van der Waals surface area contributed by atoms with Gasteiger partial charge in [-0.3, -0.25) is 9.59 Å². The third kappa shape index (κ3) is 3.49. The highest BCUT2D eigenvalue weighted by Gasteiger charge is 2.41. The second-order valence-electron chi connectivity index (χ2n) is 5.76. The molecule has 0 radical (unpaired) electrons. The molecule has 4 nitrogen and oxygen atoms in total. The number of hydrogen-bond donors (Lipinski definition) is 1. The lowest BCUT2D eigenvalue weighted by atomic mass is 10.2. The van der Waals surface area contributed by atoms with Crippen molar-refractivity contribution in [1.29, 1.82) is 0 Å². The van der Waals surface area contributed by atoms with Crippen molar-refractivity contribution in [3.8, 4) is 0 Å². The molecule has 1 aliphatic heterocycles. The first-order chi connectivity index (χ1) is 11.6. The second kappa shape index (κ2) is 7.40. The maximum absolute atomic E-state index is 12.8. The Morgan fingerprint density at radius 2 is 2.00 bits per heavy atom. The summed E-state index contributed by atoms with van der Waals surface area (Å²) >= 11 is 3.09. The van der Waals surface area contributed by atoms with Gasteiger partial charge in [-0.25, -0.2) is 0 Å². The van der Waals surface area contributed by atoms with Gasteiger partial charge >= 0.3 is 0 Å². The average molecular weight is 361 g/mol. The summed E-state index contributed by atoms with van der Waals surface area (Å²) in [6, 6.07) is 10.9. The van der Waals surface area contributed by atoms with Gasteiger partial charge in [0.2, 0.25) is 5.91 Å². The summed E-state index contributed by atoms with van der Waals surface area (Å²) in [5.41, 5.74) is 1.91. The first-order valence-corrected chi connectivity index (χ1v) is 9.88. The third-order valence-corrected chi connectivity index (χ3v) is 6.34. The number of aryl methyl sites for hydroxylation is 1. The zero-order chi connectivity index (χ0) is 17.1. The smallest absolute Gasteiger partial charge is 0.265 e. The van der Waals surface area contributed by atoms with E-state index in [1.807, 2.05) is 55.6 Å². The molecule has 0 spiro atoms. The van der Waals surface area contributed by atoms with E-state index in [-0.39, 0.29) is 17.2 Å². The van der Waals surface area contributed by atoms with Crippen molar-refractivity contribution in [1.82, 2.24) is 4.90 Å². The maximum atomic E-state index is 12.8. The minimum Gasteiger partial charge on any atom is -0.324 e. The number of nitrogens with one attached hydrogen (secondary N) is 1. The van der Waals surface area contributed by atoms with Crippen LogP contribution in [0.15, 0.2) is 41.8 Å². The minimum absolute atomic E-state index is 0.0494. The van der Waals surface area contributed by atoms with Crippen LogP contribution in [0.2, 0.25) is 0 Å². The summed E-state index contributed by atoms with van der Waals surface area (Å²) in [7, 11) is 0. The van der Waals surface area contributed by atoms with E-state index < -0.39 is 6.04 Å². The monoisotopic (exact) mass is 360 g/mol. The van der Waals surface area contributed by atoms with E-state index in [1.54, 1.807) is 16.7 Å². The maximum Gasteiger partial charge on any atom is 0.265 e. The SMILES string of the molecule is CCC1SCC(C(=O)Nc2ccc(C)cc2)N1C(=O)c1cccs1. The summed E-state index contributed by atoms with van der Waals surface area (Å²) in [6.45, 7) is 4.05. The number of nitrogens with zero attached hydrogens (tertiary/aromatic N) is 1. The molecule has 2 atom stereocenters. The summed E-state index contributed by atoms with van der Waals surface area (Å²) in [5, 5.41) is 4.88. The number of carbonyl (C=O) groups is 2. The van der Waals surface area contributed by atoms with Gasteiger partial charge in [0.15, 0.2) is 0 Å². The van der Waals surface area contributed by atoms with E-state index >= 15 is 0 Å². The van der Waals surface area contributed by atoms with Gasteiger partial charge in [-0.2, -0.15) is 0 Å². The predicted molar refractivity (Wildman–Crippen MR) is 101 cm³/mol. The summed E-state index contributed by atoms with van der Waals surface area (Å²) < 4.78 is 0. The lowest BCUT2D eigenvalue weighted by Gasteiger charge is -2.27. The molecule has 0 aliphatic carbocycles. The molecule has 1 aliphatic rings. The molecule has 2 aromatic rings. The fourth-order valence-electron chi connectivity index (χ4n) is 2.74. The molecule has 1 saturated heterocycles. The molecule has 3 rings (SSSR count). The van der Waals surface area contributed by atoms with Crippen LogP contribution in [0, 0.1) is 6.92 Å². The number of rotatable bonds is 4. The van der Waals surface area contributed by atoms with Crippen LogP contribution in [0.3, 0.4) is 0 Å². The van der Waals surface area contributed by atoms with Gasteiger partial charge in [-0.1, -0.05) is 30.7 Å². The Kier molecular flexibility index (Phi) is 5.26. The largest absolute Gasteiger partial charge is 0.324 e. The first kappa shape index (κ1) is 17.0. The Morgan fingerprint density at radius 1 is 1.25 bits per heavy atom. The van der Waals surface area contributed by atoms with Crippen LogP contribution in [0.5, 0.6) is 0 Å². The first-order valence-electron chi connectivity index (χ1n) is 7.95. The van der Waals surface area contributed by atoms with Crippen LogP contribution >= 0.6 is 23.1 Å². The number of thiophene rings is 1. The van der Waals surface area contributed by atoms with Gasteiger partial charge in [0.1, 0.15) is 6.04 Å². The molecule has 1 N–H and O–H groups in total. The molecule has 0 bridgehead atoms. The fraction of sp³-hybridized carbons (Fsp3) is 0.333. The normalized spacial score (nSPS) is 20.2. The molecule has 24 heavy (non-hydrogen) atoms. The number of amides is 2. The molecular formula is C18H20N2O2S2. The molecule has 2 amide bonds. The molecule has 1 fully saturated rings. The second-order valence-corrected chi connectivity index (χ2v) is 7.92. The van der Waals surface area contributed by atoms with Gasteiger partial charge < -0.3 is 10.2 Å². The van der Waals surface area contributed by atoms with Crippen LogP contribution in [-0.2, 0) is 4.79 Å². The molecular weight excluding hydrogens is 340 g/mol. The van der Waals surface area contributed by atoms with Crippen LogP contribution in [0.1, 0.15) is 28.6 Å². The van der Waals surface area contributed by atoms with E-state index in [9.17, 15) is 9.59 Å². The highest BCUT2D eigenvalue weighted by molar-refractivity contribution is 8.00. The standard InChI is InChI=1S/C18H20N2O2S2/c1-3-16-20(18(22)15-5-4-10-23-15)14(11-24-16)17(21)19-13-8-6-12(2)7-9-13/h4-10,14,16H,3,11H2,1-2H3,(H,19,21). The Labute approximate surface area is 150 Å². The lowest BCUT2D eigenvalue weighted by molar-refractivity contribution is -0.119. The number of thioether (sulfide) groups is 1. The Morgan fingerprint density at radius 3 is 2.62 bits per heavy atom. The zero-order valence-electron chi connectivity index (χ0n) is 13.7. The predicted octanol–water partition coefficient (Wildman–Crippen LogP) is 3.99. The Balaban J connectivity index is 1.78. The fourth-order valence-corrected chi connectivity index (χ4v) is 4.76. The third-order valence-electron chi connectivity index (χ3n) is 4.03. The van der Waals surface area contributed by atoms with E-state index in [2.05, 4.69) is 5.32 Å². The van der Waals surface area contributed by atoms with Crippen LogP contribution in [0.25, 0.3) is 0 Å². The molecule has 126 valence electrons. The Bertz CT molecular complexity index is 713. The van der Waals surface area contributed by atoms with Crippen LogP contribution in [-0.4, -0.2) is 33.9 Å². The van der Waals surface area contributed by atoms with Crippen molar-refractivity contribution < 1.29 is 9.59 Å². The van der Waals surface area contributed by atoms with Crippen molar-refractivity contribution >= 4 is 40.6 Å². The molecule has 2 unspecified atom stereocenters. The molecule has 2 heterocycles. The van der Waals surface area contributed by atoms with E-state index in [1.165, 1.54) is 11.3 Å². The number of anilines is 1. The van der Waals surface area contributed by atoms with E-state index in [0.29, 0.717) is 10.6 Å². The molecule has 1 aromatic carbocycles. The summed E-state index contributed by atoms with van der Waals surface area (Å²) in [5.74, 6) is 0.464. The highest BCUT2D eigenvalue weighted by Crippen LogP contribution is 2.33. The summed E-state index contributed by atoms with van der Waals surface area (Å²) in [6.07, 6.45) is 0.829. The molecule has 0 saturated carbocycles. The minimum atomic E-state index is -0.434. The van der Waals surface area contributed by atoms with Crippen LogP contribution < -0.4 is 5.32 Å². The molecule has 1 aromatic heterocycles. The van der Waals surface area contributed by atoms with Crippen molar-refractivity contribution in [2.45, 2.75) is 31.7 Å². The zero-order valence-corrected chi connectivity index (χ0v) is 15.3. The molecule has 6 heteroatoms. The van der Waals surface area contributed by atoms with Crippen molar-refractivity contribution in [2.75, 3.05) is 11.1 Å². The summed E-state index contributed by atoms with van der Waals surface area (Å²) in [4.78, 5) is 28.0. The van der Waals surface area contributed by atoms with Crippen LogP contribution in [0.4, 0.5) is 5.69 Å². The van der Waals surface area contributed by atoms with Crippen molar-refractivity contribution in [3.05, 3.63) is 52.2 Å². The van der Waals surface area contributed by atoms with E-state index in [0.717, 1.165) is 17.7 Å². The van der Waals surface area contributed by atoms with Gasteiger partial charge in [0, 0.05) is 11.4 Å². The van der Waals surface area contributed by atoms with Crippen molar-refractivity contribution in [2.24, 2.45) is 0 Å². The van der Waals surface area contributed by atoms with Gasteiger partial charge in [0.05, 0.1) is 10.3 Å². The van der Waals surface area contributed by atoms with Gasteiger partial charge in [-0.05, 0) is 36.9 Å². The number of carbonyl (C=O) groups excluding carboxylic acids is 2. The highest BCUT2D eigenvalue weighted by atomic mass is 32.2.